The molecule has 0 saturated heterocycles. The molecule has 1 aliphatic carbocycles. The Morgan fingerprint density at radius 3 is 2.30 bits per heavy atom. The highest BCUT2D eigenvalue weighted by atomic mass is 16.3. The van der Waals surface area contributed by atoms with Gasteiger partial charge in [0.15, 0.2) is 0 Å². The van der Waals surface area contributed by atoms with Crippen molar-refractivity contribution in [2.24, 2.45) is 5.92 Å². The number of para-hydroxylation sites is 2. The lowest BCUT2D eigenvalue weighted by atomic mass is 10.0. The molecule has 2 heterocycles. The van der Waals surface area contributed by atoms with E-state index in [-0.39, 0.29) is 34.7 Å². The van der Waals surface area contributed by atoms with Crippen LogP contribution in [-0.4, -0.2) is 46.2 Å². The van der Waals surface area contributed by atoms with Crippen LogP contribution in [-0.2, 0) is 16.1 Å². The number of carbonyl (C=O) groups excluding carboxylic acids is 4. The van der Waals surface area contributed by atoms with Gasteiger partial charge in [0.05, 0.1) is 35.0 Å². The van der Waals surface area contributed by atoms with Crippen LogP contribution in [0.25, 0.3) is 0 Å². The molecular formula is C29H25N3O5. The maximum Gasteiger partial charge on any atom is 0.265 e. The molecule has 3 aliphatic rings. The number of anilines is 2. The van der Waals surface area contributed by atoms with Crippen LogP contribution in [0.5, 0.6) is 5.75 Å². The molecule has 8 heteroatoms. The summed E-state index contributed by atoms with van der Waals surface area (Å²) < 4.78 is 0. The molecule has 8 nitrogen and oxygen atoms in total. The van der Waals surface area contributed by atoms with Crippen molar-refractivity contribution < 1.29 is 24.3 Å². The molecule has 2 aliphatic heterocycles. The Morgan fingerprint density at radius 2 is 1.54 bits per heavy atom. The van der Waals surface area contributed by atoms with E-state index in [1.54, 1.807) is 9.80 Å². The summed E-state index contributed by atoms with van der Waals surface area (Å²) in [6, 6.07) is 20.9. The highest BCUT2D eigenvalue weighted by Gasteiger charge is 2.47. The van der Waals surface area contributed by atoms with Gasteiger partial charge in [0, 0.05) is 6.04 Å². The monoisotopic (exact) mass is 495 g/mol. The molecule has 0 spiro atoms. The summed E-state index contributed by atoms with van der Waals surface area (Å²) in [5, 5.41) is 10.2. The largest absolute Gasteiger partial charge is 0.507 e. The number of amides is 4. The minimum atomic E-state index is -0.695. The van der Waals surface area contributed by atoms with Crippen LogP contribution in [0.4, 0.5) is 11.4 Å². The first-order chi connectivity index (χ1) is 18.0. The van der Waals surface area contributed by atoms with Crippen molar-refractivity contribution in [1.29, 1.82) is 0 Å². The zero-order valence-electron chi connectivity index (χ0n) is 20.0. The third-order valence-electron chi connectivity index (χ3n) is 7.55. The van der Waals surface area contributed by atoms with E-state index in [1.165, 1.54) is 18.2 Å². The fourth-order valence-corrected chi connectivity index (χ4v) is 5.85. The third kappa shape index (κ3) is 3.67. The van der Waals surface area contributed by atoms with Crippen molar-refractivity contribution in [2.75, 3.05) is 16.3 Å². The lowest BCUT2D eigenvalue weighted by Crippen LogP contribution is -2.49. The fourth-order valence-electron chi connectivity index (χ4n) is 5.85. The Hall–Kier alpha value is -4.46. The molecule has 37 heavy (non-hydrogen) atoms. The van der Waals surface area contributed by atoms with Gasteiger partial charge in [-0.1, -0.05) is 55.0 Å². The highest BCUT2D eigenvalue weighted by Crippen LogP contribution is 2.43. The number of aromatic hydroxyl groups is 1. The van der Waals surface area contributed by atoms with Crippen molar-refractivity contribution >= 4 is 35.0 Å². The lowest BCUT2D eigenvalue weighted by molar-refractivity contribution is -0.123. The van der Waals surface area contributed by atoms with Crippen LogP contribution in [0.3, 0.4) is 0 Å². The molecule has 3 aromatic rings. The molecule has 1 saturated carbocycles. The van der Waals surface area contributed by atoms with Gasteiger partial charge in [-0.25, -0.2) is 0 Å². The first kappa shape index (κ1) is 23.0. The summed E-state index contributed by atoms with van der Waals surface area (Å²) in [6.07, 6.45) is 2.11. The molecule has 2 atom stereocenters. The fraction of sp³-hybridized carbons (Fsp3) is 0.241. The molecule has 0 radical (unpaired) electrons. The molecular weight excluding hydrogens is 470 g/mol. The molecule has 1 fully saturated rings. The Bertz CT molecular complexity index is 1440. The van der Waals surface area contributed by atoms with Gasteiger partial charge in [-0.15, -0.1) is 0 Å². The number of rotatable bonds is 4. The van der Waals surface area contributed by atoms with E-state index in [0.29, 0.717) is 30.8 Å². The predicted molar refractivity (Wildman–Crippen MR) is 136 cm³/mol. The second-order valence-corrected chi connectivity index (χ2v) is 9.66. The molecule has 186 valence electrons. The average Bonchev–Trinajstić information content (AvgIpc) is 3.45. The van der Waals surface area contributed by atoms with E-state index in [2.05, 4.69) is 0 Å². The molecule has 6 rings (SSSR count). The van der Waals surface area contributed by atoms with E-state index in [1.807, 2.05) is 54.6 Å². The molecule has 3 aromatic carbocycles. The van der Waals surface area contributed by atoms with Crippen LogP contribution >= 0.6 is 0 Å². The summed E-state index contributed by atoms with van der Waals surface area (Å²) in [4.78, 5) is 58.0. The topological polar surface area (TPSA) is 98.2 Å². The van der Waals surface area contributed by atoms with E-state index in [0.717, 1.165) is 16.9 Å². The van der Waals surface area contributed by atoms with Gasteiger partial charge in [0.1, 0.15) is 12.3 Å². The molecule has 0 unspecified atom stereocenters. The average molecular weight is 496 g/mol. The maximum absolute atomic E-state index is 13.9. The van der Waals surface area contributed by atoms with Crippen molar-refractivity contribution in [2.45, 2.75) is 31.8 Å². The summed E-state index contributed by atoms with van der Waals surface area (Å²) in [5.41, 5.74) is 2.19. The van der Waals surface area contributed by atoms with Gasteiger partial charge in [-0.3, -0.25) is 24.1 Å². The van der Waals surface area contributed by atoms with Crippen molar-refractivity contribution in [3.8, 4) is 5.75 Å². The Labute approximate surface area is 213 Å². The summed E-state index contributed by atoms with van der Waals surface area (Å²) >= 11 is 0. The number of carbonyl (C=O) groups is 4. The van der Waals surface area contributed by atoms with Gasteiger partial charge < -0.3 is 14.9 Å². The zero-order chi connectivity index (χ0) is 25.7. The van der Waals surface area contributed by atoms with E-state index < -0.39 is 24.3 Å². The van der Waals surface area contributed by atoms with Gasteiger partial charge in [0.25, 0.3) is 11.8 Å². The third-order valence-corrected chi connectivity index (χ3v) is 7.55. The quantitative estimate of drug-likeness (QED) is 0.556. The number of benzene rings is 3. The highest BCUT2D eigenvalue weighted by molar-refractivity contribution is 6.24. The number of hydrogen-bond acceptors (Lipinski definition) is 5. The second kappa shape index (κ2) is 8.89. The normalized spacial score (nSPS) is 20.5. The van der Waals surface area contributed by atoms with E-state index in [9.17, 15) is 24.3 Å². The molecule has 0 bridgehead atoms. The van der Waals surface area contributed by atoms with Crippen molar-refractivity contribution in [3.05, 3.63) is 89.5 Å². The minimum Gasteiger partial charge on any atom is -0.507 e. The smallest absolute Gasteiger partial charge is 0.265 e. The van der Waals surface area contributed by atoms with Crippen LogP contribution in [0, 0.1) is 5.92 Å². The number of nitrogens with zero attached hydrogens (tertiary/aromatic N) is 3. The lowest BCUT2D eigenvalue weighted by Gasteiger charge is -2.31. The SMILES string of the molecule is O=C1c2cccc(O)c2C(=O)N1CC(=O)N1c2ccccc2N(Cc2ccccc2)C(=O)[C@H]2CCC[C@H]21. The maximum atomic E-state index is 13.9. The minimum absolute atomic E-state index is 0.0280. The zero-order valence-corrected chi connectivity index (χ0v) is 20.0. The Morgan fingerprint density at radius 1 is 0.811 bits per heavy atom. The molecule has 0 aromatic heterocycles. The standard InChI is InChI=1S/C29H25N3O5/c33-24-15-7-11-20-26(24)29(37)31(28(20)36)17-25(34)32-21-14-6-10-19(21)27(35)30(16-18-8-2-1-3-9-18)22-12-4-5-13-23(22)32/h1-5,7-9,11-13,15,19,21,33H,6,10,14,16-17H2/t19-,21+/m0/s1. The van der Waals surface area contributed by atoms with Crippen LogP contribution in [0.1, 0.15) is 45.5 Å². The molecule has 1 N–H and O–H groups in total. The number of fused-ring (bicyclic) bond motifs is 3. The van der Waals surface area contributed by atoms with Gasteiger partial charge in [0.2, 0.25) is 11.8 Å². The van der Waals surface area contributed by atoms with Crippen LogP contribution in [0.2, 0.25) is 0 Å². The Balaban J connectivity index is 1.37. The van der Waals surface area contributed by atoms with Crippen LogP contribution in [0.15, 0.2) is 72.8 Å². The number of phenolic OH excluding ortho intramolecular Hbond substituents is 1. The van der Waals surface area contributed by atoms with E-state index in [4.69, 9.17) is 0 Å². The molecule has 4 amide bonds. The van der Waals surface area contributed by atoms with Gasteiger partial charge >= 0.3 is 0 Å². The van der Waals surface area contributed by atoms with Crippen LogP contribution < -0.4 is 9.80 Å². The number of hydrogen-bond donors (Lipinski definition) is 1. The summed E-state index contributed by atoms with van der Waals surface area (Å²) in [7, 11) is 0. The predicted octanol–water partition coefficient (Wildman–Crippen LogP) is 3.74. The number of imide groups is 1. The van der Waals surface area contributed by atoms with Gasteiger partial charge in [-0.2, -0.15) is 0 Å². The van der Waals surface area contributed by atoms with E-state index >= 15 is 0 Å². The second-order valence-electron chi connectivity index (χ2n) is 9.66. The first-order valence-corrected chi connectivity index (χ1v) is 12.4. The van der Waals surface area contributed by atoms with Gasteiger partial charge in [-0.05, 0) is 42.7 Å². The number of phenols is 1. The Kier molecular flexibility index (Phi) is 5.52. The summed E-state index contributed by atoms with van der Waals surface area (Å²) in [6.45, 7) is -0.101. The van der Waals surface area contributed by atoms with Crippen molar-refractivity contribution in [1.82, 2.24) is 4.90 Å². The first-order valence-electron chi connectivity index (χ1n) is 12.4. The van der Waals surface area contributed by atoms with Crippen molar-refractivity contribution in [3.63, 3.8) is 0 Å². The summed E-state index contributed by atoms with van der Waals surface area (Å²) in [5.74, 6) is -2.45.